The SMILES string of the molecule is C=CCOC(=O)NCCNC(=O)C(C)Oc1ccc(Cl)cc1. The van der Waals surface area contributed by atoms with Crippen molar-refractivity contribution in [1.82, 2.24) is 10.6 Å². The summed E-state index contributed by atoms with van der Waals surface area (Å²) in [5, 5.41) is 5.73. The van der Waals surface area contributed by atoms with Crippen LogP contribution in [0.2, 0.25) is 5.02 Å². The van der Waals surface area contributed by atoms with E-state index in [1.165, 1.54) is 6.08 Å². The zero-order valence-electron chi connectivity index (χ0n) is 12.3. The number of amides is 2. The number of benzene rings is 1. The van der Waals surface area contributed by atoms with Gasteiger partial charge in [-0.2, -0.15) is 0 Å². The van der Waals surface area contributed by atoms with Gasteiger partial charge in [0.05, 0.1) is 0 Å². The lowest BCUT2D eigenvalue weighted by atomic mass is 10.3. The summed E-state index contributed by atoms with van der Waals surface area (Å²) in [7, 11) is 0. The highest BCUT2D eigenvalue weighted by Crippen LogP contribution is 2.16. The summed E-state index contributed by atoms with van der Waals surface area (Å²) in [5.74, 6) is 0.273. The van der Waals surface area contributed by atoms with Gasteiger partial charge in [-0.1, -0.05) is 24.3 Å². The molecule has 0 aliphatic rings. The third-order valence-corrected chi connectivity index (χ3v) is 2.77. The van der Waals surface area contributed by atoms with E-state index >= 15 is 0 Å². The first-order valence-corrected chi connectivity index (χ1v) is 7.12. The monoisotopic (exact) mass is 326 g/mol. The average Bonchev–Trinajstić information content (AvgIpc) is 2.51. The molecule has 7 heteroatoms. The lowest BCUT2D eigenvalue weighted by molar-refractivity contribution is -0.127. The molecule has 2 amide bonds. The molecule has 120 valence electrons. The molecule has 0 spiro atoms. The third kappa shape index (κ3) is 6.99. The van der Waals surface area contributed by atoms with E-state index in [0.717, 1.165) is 0 Å². The summed E-state index contributed by atoms with van der Waals surface area (Å²) in [6.07, 6.45) is 0.255. The van der Waals surface area contributed by atoms with Crippen LogP contribution in [0, 0.1) is 0 Å². The fraction of sp³-hybridized carbons (Fsp3) is 0.333. The topological polar surface area (TPSA) is 76.7 Å². The highest BCUT2D eigenvalue weighted by atomic mass is 35.5. The van der Waals surface area contributed by atoms with Crippen molar-refractivity contribution >= 4 is 23.6 Å². The minimum atomic E-state index is -0.658. The van der Waals surface area contributed by atoms with Crippen LogP contribution in [0.15, 0.2) is 36.9 Å². The lowest BCUT2D eigenvalue weighted by Crippen LogP contribution is -2.40. The zero-order valence-corrected chi connectivity index (χ0v) is 13.1. The Morgan fingerprint density at radius 1 is 1.27 bits per heavy atom. The number of hydrogen-bond donors (Lipinski definition) is 2. The molecule has 2 N–H and O–H groups in total. The van der Waals surface area contributed by atoms with Crippen LogP contribution in [-0.4, -0.2) is 37.8 Å². The molecule has 6 nitrogen and oxygen atoms in total. The van der Waals surface area contributed by atoms with Crippen LogP contribution in [-0.2, 0) is 9.53 Å². The van der Waals surface area contributed by atoms with Crippen molar-refractivity contribution in [2.24, 2.45) is 0 Å². The summed E-state index contributed by atoms with van der Waals surface area (Å²) in [5.41, 5.74) is 0. The first kappa shape index (κ1) is 17.8. The van der Waals surface area contributed by atoms with Crippen LogP contribution < -0.4 is 15.4 Å². The fourth-order valence-electron chi connectivity index (χ4n) is 1.45. The van der Waals surface area contributed by atoms with Crippen LogP contribution in [0.3, 0.4) is 0 Å². The van der Waals surface area contributed by atoms with Gasteiger partial charge in [0.25, 0.3) is 5.91 Å². The van der Waals surface area contributed by atoms with Gasteiger partial charge in [-0.05, 0) is 31.2 Å². The highest BCUT2D eigenvalue weighted by Gasteiger charge is 2.14. The normalized spacial score (nSPS) is 11.2. The zero-order chi connectivity index (χ0) is 16.4. The number of ether oxygens (including phenoxy) is 2. The molecule has 1 atom stereocenters. The van der Waals surface area contributed by atoms with Crippen LogP contribution in [0.25, 0.3) is 0 Å². The molecular formula is C15H19ClN2O4. The van der Waals surface area contributed by atoms with E-state index in [1.54, 1.807) is 31.2 Å². The summed E-state index contributed by atoms with van der Waals surface area (Å²) in [6.45, 7) is 5.74. The number of halogens is 1. The molecule has 0 bridgehead atoms. The maximum Gasteiger partial charge on any atom is 0.407 e. The Morgan fingerprint density at radius 3 is 2.55 bits per heavy atom. The molecule has 1 unspecified atom stereocenters. The van der Waals surface area contributed by atoms with Gasteiger partial charge in [0, 0.05) is 18.1 Å². The second-order valence-electron chi connectivity index (χ2n) is 4.32. The van der Waals surface area contributed by atoms with Crippen molar-refractivity contribution in [3.05, 3.63) is 41.9 Å². The van der Waals surface area contributed by atoms with E-state index in [2.05, 4.69) is 17.2 Å². The quantitative estimate of drug-likeness (QED) is 0.567. The first-order valence-electron chi connectivity index (χ1n) is 6.74. The van der Waals surface area contributed by atoms with Crippen molar-refractivity contribution in [2.75, 3.05) is 19.7 Å². The maximum atomic E-state index is 11.8. The molecule has 0 aromatic heterocycles. The van der Waals surface area contributed by atoms with Gasteiger partial charge in [-0.25, -0.2) is 4.79 Å². The molecule has 22 heavy (non-hydrogen) atoms. The third-order valence-electron chi connectivity index (χ3n) is 2.52. The minimum Gasteiger partial charge on any atom is -0.481 e. The van der Waals surface area contributed by atoms with E-state index in [9.17, 15) is 9.59 Å². The molecule has 0 aliphatic carbocycles. The number of carbonyl (C=O) groups excluding carboxylic acids is 2. The van der Waals surface area contributed by atoms with E-state index < -0.39 is 12.2 Å². The Balaban J connectivity index is 2.22. The van der Waals surface area contributed by atoms with Crippen LogP contribution >= 0.6 is 11.6 Å². The van der Waals surface area contributed by atoms with Crippen molar-refractivity contribution in [2.45, 2.75) is 13.0 Å². The van der Waals surface area contributed by atoms with Gasteiger partial charge in [0.2, 0.25) is 0 Å². The second kappa shape index (κ2) is 9.68. The van der Waals surface area contributed by atoms with Gasteiger partial charge < -0.3 is 20.1 Å². The van der Waals surface area contributed by atoms with Crippen LogP contribution in [0.5, 0.6) is 5.75 Å². The van der Waals surface area contributed by atoms with Crippen molar-refractivity contribution in [3.63, 3.8) is 0 Å². The minimum absolute atomic E-state index is 0.143. The van der Waals surface area contributed by atoms with Crippen molar-refractivity contribution in [3.8, 4) is 5.75 Å². The molecule has 1 rings (SSSR count). The number of nitrogens with one attached hydrogen (secondary N) is 2. The number of carbonyl (C=O) groups is 2. The van der Waals surface area contributed by atoms with E-state index in [0.29, 0.717) is 10.8 Å². The van der Waals surface area contributed by atoms with Crippen molar-refractivity contribution in [1.29, 1.82) is 0 Å². The van der Waals surface area contributed by atoms with Gasteiger partial charge in [-0.15, -0.1) is 0 Å². The molecule has 0 fully saturated rings. The molecule has 1 aromatic rings. The highest BCUT2D eigenvalue weighted by molar-refractivity contribution is 6.30. The molecular weight excluding hydrogens is 308 g/mol. The molecule has 0 saturated heterocycles. The van der Waals surface area contributed by atoms with Gasteiger partial charge in [-0.3, -0.25) is 4.79 Å². The first-order chi connectivity index (χ1) is 10.5. The Bertz CT molecular complexity index is 505. The Morgan fingerprint density at radius 2 is 1.91 bits per heavy atom. The molecule has 0 radical (unpaired) electrons. The van der Waals surface area contributed by atoms with E-state index in [1.807, 2.05) is 0 Å². The molecule has 0 heterocycles. The van der Waals surface area contributed by atoms with Gasteiger partial charge in [0.15, 0.2) is 6.10 Å². The molecule has 1 aromatic carbocycles. The van der Waals surface area contributed by atoms with Crippen molar-refractivity contribution < 1.29 is 19.1 Å². The van der Waals surface area contributed by atoms with Crippen LogP contribution in [0.1, 0.15) is 6.92 Å². The summed E-state index contributed by atoms with van der Waals surface area (Å²) in [6, 6.07) is 6.73. The van der Waals surface area contributed by atoms with Gasteiger partial charge >= 0.3 is 6.09 Å². The Labute approximate surface area is 134 Å². The average molecular weight is 327 g/mol. The second-order valence-corrected chi connectivity index (χ2v) is 4.76. The Kier molecular flexibility index (Phi) is 7.85. The number of alkyl carbamates (subject to hydrolysis) is 1. The summed E-state index contributed by atoms with van der Waals surface area (Å²) < 4.78 is 10.2. The largest absolute Gasteiger partial charge is 0.481 e. The number of hydrogen-bond acceptors (Lipinski definition) is 4. The summed E-state index contributed by atoms with van der Waals surface area (Å²) >= 11 is 5.77. The Hall–Kier alpha value is -2.21. The standard InChI is InChI=1S/C15H19ClN2O4/c1-3-10-21-15(20)18-9-8-17-14(19)11(2)22-13-6-4-12(16)5-7-13/h3-7,11H,1,8-10H2,2H3,(H,17,19)(H,18,20). The van der Waals surface area contributed by atoms with Crippen LogP contribution in [0.4, 0.5) is 4.79 Å². The predicted octanol–water partition coefficient (Wildman–Crippen LogP) is 2.14. The number of rotatable bonds is 8. The molecule has 0 saturated carbocycles. The predicted molar refractivity (Wildman–Crippen MR) is 84.1 cm³/mol. The molecule has 0 aliphatic heterocycles. The fourth-order valence-corrected chi connectivity index (χ4v) is 1.58. The smallest absolute Gasteiger partial charge is 0.407 e. The lowest BCUT2D eigenvalue weighted by Gasteiger charge is -2.14. The van der Waals surface area contributed by atoms with E-state index in [4.69, 9.17) is 21.1 Å². The van der Waals surface area contributed by atoms with E-state index in [-0.39, 0.29) is 25.6 Å². The maximum absolute atomic E-state index is 11.8. The van der Waals surface area contributed by atoms with Gasteiger partial charge in [0.1, 0.15) is 12.4 Å². The summed E-state index contributed by atoms with van der Waals surface area (Å²) in [4.78, 5) is 22.9.